The number of hydrogen-bond acceptors (Lipinski definition) is 3. The predicted molar refractivity (Wildman–Crippen MR) is 70.8 cm³/mol. The maximum Gasteiger partial charge on any atom is 0.292 e. The van der Waals surface area contributed by atoms with Gasteiger partial charge in [-0.05, 0) is 31.2 Å². The third kappa shape index (κ3) is 2.17. The normalized spacial score (nSPS) is 26.3. The van der Waals surface area contributed by atoms with Gasteiger partial charge in [-0.2, -0.15) is 0 Å². The van der Waals surface area contributed by atoms with Crippen LogP contribution < -0.4 is 4.90 Å². The van der Waals surface area contributed by atoms with Crippen molar-refractivity contribution in [2.45, 2.75) is 38.1 Å². The smallest absolute Gasteiger partial charge is 0.292 e. The Bertz CT molecular complexity index is 506. The number of fused-ring (bicyclic) bond motifs is 1. The van der Waals surface area contributed by atoms with Crippen LogP contribution in [0.3, 0.4) is 0 Å². The Morgan fingerprint density at radius 1 is 1.26 bits per heavy atom. The average molecular weight is 264 g/mol. The Morgan fingerprint density at radius 3 is 2.84 bits per heavy atom. The summed E-state index contributed by atoms with van der Waals surface area (Å²) in [5.41, 5.74) is 0.479. The molecule has 0 aromatic heterocycles. The molecular formula is C14H17FN2O2. The number of nitro benzene ring substituents is 1. The van der Waals surface area contributed by atoms with Gasteiger partial charge in [-0.3, -0.25) is 10.1 Å². The number of halogens is 1. The van der Waals surface area contributed by atoms with Gasteiger partial charge in [-0.25, -0.2) is 4.39 Å². The van der Waals surface area contributed by atoms with Gasteiger partial charge in [0.25, 0.3) is 5.69 Å². The molecule has 1 saturated heterocycles. The van der Waals surface area contributed by atoms with E-state index >= 15 is 0 Å². The number of nitrogens with zero attached hydrogens (tertiary/aromatic N) is 2. The molecule has 102 valence electrons. The van der Waals surface area contributed by atoms with Crippen molar-refractivity contribution in [3.63, 3.8) is 0 Å². The topological polar surface area (TPSA) is 46.4 Å². The second-order valence-corrected chi connectivity index (χ2v) is 5.48. The first-order chi connectivity index (χ1) is 9.16. The maximum atomic E-state index is 13.4. The summed E-state index contributed by atoms with van der Waals surface area (Å²) >= 11 is 0. The molecule has 1 aromatic carbocycles. The van der Waals surface area contributed by atoms with Gasteiger partial charge in [0, 0.05) is 24.7 Å². The summed E-state index contributed by atoms with van der Waals surface area (Å²) in [6.07, 6.45) is 5.75. The van der Waals surface area contributed by atoms with Gasteiger partial charge in [0.15, 0.2) is 0 Å². The molecule has 0 bridgehead atoms. The van der Waals surface area contributed by atoms with Crippen LogP contribution in [0, 0.1) is 21.8 Å². The second kappa shape index (κ2) is 4.79. The fraction of sp³-hybridized carbons (Fsp3) is 0.571. The molecule has 1 heterocycles. The van der Waals surface area contributed by atoms with Crippen LogP contribution in [0.5, 0.6) is 0 Å². The fourth-order valence-corrected chi connectivity index (χ4v) is 3.59. The molecule has 1 saturated carbocycles. The van der Waals surface area contributed by atoms with E-state index in [1.165, 1.54) is 31.4 Å². The van der Waals surface area contributed by atoms with Gasteiger partial charge in [0.2, 0.25) is 0 Å². The van der Waals surface area contributed by atoms with E-state index in [1.807, 2.05) is 0 Å². The van der Waals surface area contributed by atoms with Crippen LogP contribution in [0.1, 0.15) is 32.1 Å². The Balaban J connectivity index is 1.97. The Morgan fingerprint density at radius 2 is 2.05 bits per heavy atom. The molecule has 2 atom stereocenters. The molecule has 2 aliphatic rings. The Hall–Kier alpha value is -1.65. The third-order valence-corrected chi connectivity index (χ3v) is 4.45. The first-order valence-corrected chi connectivity index (χ1v) is 6.87. The van der Waals surface area contributed by atoms with Crippen LogP contribution in [0.15, 0.2) is 18.2 Å². The SMILES string of the molecule is O=[N+]([O-])c1ccc(F)cc1N1CCC2CCCCC21. The lowest BCUT2D eigenvalue weighted by molar-refractivity contribution is -0.384. The summed E-state index contributed by atoms with van der Waals surface area (Å²) in [6, 6.07) is 4.11. The molecule has 19 heavy (non-hydrogen) atoms. The first kappa shape index (κ1) is 12.4. The summed E-state index contributed by atoms with van der Waals surface area (Å²) in [4.78, 5) is 12.8. The van der Waals surface area contributed by atoms with Gasteiger partial charge >= 0.3 is 0 Å². The molecule has 0 N–H and O–H groups in total. The summed E-state index contributed by atoms with van der Waals surface area (Å²) in [7, 11) is 0. The van der Waals surface area contributed by atoms with Crippen molar-refractivity contribution in [1.29, 1.82) is 0 Å². The van der Waals surface area contributed by atoms with E-state index in [2.05, 4.69) is 4.90 Å². The van der Waals surface area contributed by atoms with E-state index in [1.54, 1.807) is 0 Å². The zero-order chi connectivity index (χ0) is 13.4. The molecule has 0 radical (unpaired) electrons. The number of nitro groups is 1. The van der Waals surface area contributed by atoms with E-state index < -0.39 is 10.7 Å². The van der Waals surface area contributed by atoms with Crippen LogP contribution >= 0.6 is 0 Å². The van der Waals surface area contributed by atoms with Crippen molar-refractivity contribution in [2.24, 2.45) is 5.92 Å². The zero-order valence-electron chi connectivity index (χ0n) is 10.7. The molecule has 1 aliphatic heterocycles. The highest BCUT2D eigenvalue weighted by atomic mass is 19.1. The van der Waals surface area contributed by atoms with Crippen molar-refractivity contribution in [3.05, 3.63) is 34.1 Å². The quantitative estimate of drug-likeness (QED) is 0.606. The van der Waals surface area contributed by atoms with E-state index in [0.29, 0.717) is 17.6 Å². The third-order valence-electron chi connectivity index (χ3n) is 4.45. The lowest BCUT2D eigenvalue weighted by Crippen LogP contribution is -2.35. The molecule has 1 aliphatic carbocycles. The number of benzene rings is 1. The lowest BCUT2D eigenvalue weighted by Gasteiger charge is -2.32. The minimum absolute atomic E-state index is 0.0209. The predicted octanol–water partition coefficient (Wildman–Crippen LogP) is 3.50. The number of hydrogen-bond donors (Lipinski definition) is 0. The largest absolute Gasteiger partial charge is 0.363 e. The van der Waals surface area contributed by atoms with Crippen LogP contribution in [0.25, 0.3) is 0 Å². The van der Waals surface area contributed by atoms with Gasteiger partial charge < -0.3 is 4.90 Å². The molecule has 0 amide bonds. The van der Waals surface area contributed by atoms with Crippen LogP contribution in [-0.2, 0) is 0 Å². The Kier molecular flexibility index (Phi) is 3.12. The van der Waals surface area contributed by atoms with Crippen molar-refractivity contribution in [1.82, 2.24) is 0 Å². The molecule has 1 aromatic rings. The van der Waals surface area contributed by atoms with Crippen LogP contribution in [0.2, 0.25) is 0 Å². The van der Waals surface area contributed by atoms with Crippen molar-refractivity contribution < 1.29 is 9.31 Å². The standard InChI is InChI=1S/C14H17FN2O2/c15-11-5-6-13(17(18)19)14(9-11)16-8-7-10-3-1-2-4-12(10)16/h5-6,9-10,12H,1-4,7-8H2. The van der Waals surface area contributed by atoms with E-state index in [-0.39, 0.29) is 5.69 Å². The highest BCUT2D eigenvalue weighted by molar-refractivity contribution is 5.64. The monoisotopic (exact) mass is 264 g/mol. The first-order valence-electron chi connectivity index (χ1n) is 6.87. The molecule has 4 nitrogen and oxygen atoms in total. The van der Waals surface area contributed by atoms with Crippen molar-refractivity contribution in [3.8, 4) is 0 Å². The summed E-state index contributed by atoms with van der Waals surface area (Å²) < 4.78 is 13.4. The number of rotatable bonds is 2. The minimum atomic E-state index is -0.412. The summed E-state index contributed by atoms with van der Waals surface area (Å²) in [5.74, 6) is 0.219. The van der Waals surface area contributed by atoms with Crippen molar-refractivity contribution in [2.75, 3.05) is 11.4 Å². The molecule has 2 unspecified atom stereocenters. The van der Waals surface area contributed by atoms with Crippen LogP contribution in [0.4, 0.5) is 15.8 Å². The highest BCUT2D eigenvalue weighted by Crippen LogP contribution is 2.41. The minimum Gasteiger partial charge on any atom is -0.363 e. The van der Waals surface area contributed by atoms with E-state index in [0.717, 1.165) is 25.5 Å². The molecule has 2 fully saturated rings. The summed E-state index contributed by atoms with van der Waals surface area (Å²) in [6.45, 7) is 0.805. The van der Waals surface area contributed by atoms with E-state index in [4.69, 9.17) is 0 Å². The molecular weight excluding hydrogens is 247 g/mol. The van der Waals surface area contributed by atoms with Gasteiger partial charge in [0.05, 0.1) is 4.92 Å². The molecule has 3 rings (SSSR count). The average Bonchev–Trinajstić information content (AvgIpc) is 2.82. The van der Waals surface area contributed by atoms with Gasteiger partial charge in [-0.1, -0.05) is 12.8 Å². The molecule has 5 heteroatoms. The Labute approximate surface area is 111 Å². The highest BCUT2D eigenvalue weighted by Gasteiger charge is 2.38. The van der Waals surface area contributed by atoms with Gasteiger partial charge in [0.1, 0.15) is 11.5 Å². The van der Waals surface area contributed by atoms with Gasteiger partial charge in [-0.15, -0.1) is 0 Å². The fourth-order valence-electron chi connectivity index (χ4n) is 3.59. The lowest BCUT2D eigenvalue weighted by atomic mass is 9.85. The molecule has 0 spiro atoms. The maximum absolute atomic E-state index is 13.4. The summed E-state index contributed by atoms with van der Waals surface area (Å²) in [5, 5.41) is 11.1. The van der Waals surface area contributed by atoms with Crippen LogP contribution in [-0.4, -0.2) is 17.5 Å². The van der Waals surface area contributed by atoms with E-state index in [9.17, 15) is 14.5 Å². The number of anilines is 1. The van der Waals surface area contributed by atoms with Crippen molar-refractivity contribution >= 4 is 11.4 Å². The second-order valence-electron chi connectivity index (χ2n) is 5.48. The zero-order valence-corrected chi connectivity index (χ0v) is 10.7.